The van der Waals surface area contributed by atoms with Gasteiger partial charge >= 0.3 is 0 Å². The molecule has 0 aliphatic rings. The lowest BCUT2D eigenvalue weighted by molar-refractivity contribution is 0.600. The summed E-state index contributed by atoms with van der Waals surface area (Å²) in [6.45, 7) is 3.58. The first kappa shape index (κ1) is 40.8. The van der Waals surface area contributed by atoms with E-state index >= 15 is 0 Å². The maximum atomic E-state index is 12.5. The van der Waals surface area contributed by atoms with E-state index in [1.807, 2.05) is 6.07 Å². The van der Waals surface area contributed by atoms with Crippen LogP contribution >= 0.6 is 23.2 Å². The molecule has 0 aliphatic carbocycles. The van der Waals surface area contributed by atoms with Crippen LogP contribution in [0.1, 0.15) is 42.9 Å². The van der Waals surface area contributed by atoms with E-state index in [-0.39, 0.29) is 27.0 Å². The smallest absolute Gasteiger partial charge is 0.176 e. The average molecular weight is 842 g/mol. The summed E-state index contributed by atoms with van der Waals surface area (Å²) in [4.78, 5) is 26.9. The number of benzene rings is 4. The van der Waals surface area contributed by atoms with E-state index < -0.39 is 31.8 Å². The molecule has 7 rings (SSSR count). The number of halogens is 2. The summed E-state index contributed by atoms with van der Waals surface area (Å²) in [5.74, 6) is 0.272. The van der Waals surface area contributed by atoms with Gasteiger partial charge in [-0.25, -0.2) is 46.7 Å². The molecule has 0 aliphatic heterocycles. The van der Waals surface area contributed by atoms with Gasteiger partial charge in [0.25, 0.3) is 0 Å². The third kappa shape index (κ3) is 8.63. The molecule has 7 aromatic rings. The number of fused-ring (bicyclic) bond motifs is 2. The predicted octanol–water partition coefficient (Wildman–Crippen LogP) is 7.14. The fraction of sp³-hybridized carbons (Fsp3) is 0.154. The molecule has 0 amide bonds. The molecule has 0 bridgehead atoms. The van der Waals surface area contributed by atoms with E-state index in [1.165, 1.54) is 18.6 Å². The molecule has 0 fully saturated rings. The number of hydrogen-bond donors (Lipinski definition) is 3. The third-order valence-electron chi connectivity index (χ3n) is 8.61. The lowest BCUT2D eigenvalue weighted by Gasteiger charge is -2.20. The van der Waals surface area contributed by atoms with Gasteiger partial charge in [-0.3, -0.25) is 0 Å². The van der Waals surface area contributed by atoms with Gasteiger partial charge in [0.05, 0.1) is 59.7 Å². The Balaban J connectivity index is 0.000000203. The summed E-state index contributed by atoms with van der Waals surface area (Å²) in [6, 6.07) is 24.8. The molecule has 4 aromatic carbocycles. The summed E-state index contributed by atoms with van der Waals surface area (Å²) >= 11 is 12.6. The first-order chi connectivity index (χ1) is 27.0. The van der Waals surface area contributed by atoms with Crippen molar-refractivity contribution in [1.82, 2.24) is 29.9 Å². The first-order valence-electron chi connectivity index (χ1n) is 17.0. The number of nitrogens with two attached hydrogens (primary N) is 2. The quantitative estimate of drug-likeness (QED) is 0.138. The van der Waals surface area contributed by atoms with E-state index in [2.05, 4.69) is 25.3 Å². The Morgan fingerprint density at radius 1 is 0.684 bits per heavy atom. The van der Waals surface area contributed by atoms with Crippen LogP contribution in [0.3, 0.4) is 0 Å². The van der Waals surface area contributed by atoms with Gasteiger partial charge in [0.15, 0.2) is 19.7 Å². The van der Waals surface area contributed by atoms with E-state index in [0.717, 1.165) is 6.26 Å². The third-order valence-corrected chi connectivity index (χ3v) is 11.5. The van der Waals surface area contributed by atoms with Gasteiger partial charge in [0.1, 0.15) is 40.6 Å². The maximum Gasteiger partial charge on any atom is 0.176 e. The molecule has 0 unspecified atom stereocenters. The molecule has 0 radical (unpaired) electrons. The van der Waals surface area contributed by atoms with Crippen molar-refractivity contribution >= 4 is 76.6 Å². The van der Waals surface area contributed by atoms with Crippen molar-refractivity contribution in [3.63, 3.8) is 0 Å². The Bertz CT molecular complexity index is 2960. The zero-order valence-corrected chi connectivity index (χ0v) is 34.0. The van der Waals surface area contributed by atoms with Gasteiger partial charge in [0, 0.05) is 29.7 Å². The van der Waals surface area contributed by atoms with Crippen LogP contribution < -0.4 is 16.8 Å². The molecule has 5 N–H and O–H groups in total. The molecule has 18 heteroatoms. The number of aromatic nitrogens is 6. The van der Waals surface area contributed by atoms with E-state index in [1.54, 1.807) is 92.7 Å². The van der Waals surface area contributed by atoms with Crippen LogP contribution in [0.5, 0.6) is 0 Å². The SMILES string of the molecule is C[C@H](N)c1nc2cccc(Cl)c2nc1-c1ccccc1S(C)(=O)=O.C[C@H](Nc1ncnc(N)c1C#N)c1nc2cccc(Cl)c2nc1-c1ccccc1S(C)(=O)=O. The van der Waals surface area contributed by atoms with Gasteiger partial charge in [-0.15, -0.1) is 0 Å². The van der Waals surface area contributed by atoms with E-state index in [0.29, 0.717) is 66.0 Å². The van der Waals surface area contributed by atoms with Crippen LogP contribution in [0.2, 0.25) is 10.0 Å². The summed E-state index contributed by atoms with van der Waals surface area (Å²) in [5, 5.41) is 13.4. The molecule has 3 aromatic heterocycles. The van der Waals surface area contributed by atoms with Gasteiger partial charge in [-0.2, -0.15) is 5.26 Å². The molecule has 3 heterocycles. The lowest BCUT2D eigenvalue weighted by atomic mass is 10.0. The number of nitrogen functional groups attached to an aromatic ring is 1. The summed E-state index contributed by atoms with van der Waals surface area (Å²) in [7, 11) is -6.99. The standard InChI is InChI=1S/C22H18ClN7O2S.C17H16ClN3O2S/c1-12(28-22-14(10-24)21(25)26-11-27-22)18-19(13-6-3-4-9-17(13)33(2,31)32)30-20-15(23)7-5-8-16(20)29-18;1-10(19)15-16(11-6-3-4-9-14(11)24(2,22)23)21-17-12(18)7-5-8-13(17)20-15/h3-9,11-12H,1-2H3,(H3,25,26,27,28);3-10H,19H2,1-2H3/t12-;10-/m00/s1. The van der Waals surface area contributed by atoms with Gasteiger partial charge < -0.3 is 16.8 Å². The Hall–Kier alpha value is -5.83. The van der Waals surface area contributed by atoms with E-state index in [4.69, 9.17) is 44.6 Å². The number of rotatable bonds is 8. The number of hydrogen-bond acceptors (Lipinski definition) is 14. The molecule has 0 spiro atoms. The van der Waals surface area contributed by atoms with Crippen LogP contribution in [0.25, 0.3) is 44.6 Å². The number of sulfone groups is 2. The number of nitrogens with one attached hydrogen (secondary N) is 1. The van der Waals surface area contributed by atoms with Crippen molar-refractivity contribution < 1.29 is 16.8 Å². The van der Waals surface area contributed by atoms with Crippen LogP contribution in [0, 0.1) is 11.3 Å². The van der Waals surface area contributed by atoms with Gasteiger partial charge in [-0.05, 0) is 50.2 Å². The predicted molar refractivity (Wildman–Crippen MR) is 222 cm³/mol. The van der Waals surface area contributed by atoms with Crippen molar-refractivity contribution in [2.45, 2.75) is 35.7 Å². The normalized spacial score (nSPS) is 12.7. The molecule has 290 valence electrons. The first-order valence-corrected chi connectivity index (χ1v) is 21.6. The zero-order valence-electron chi connectivity index (χ0n) is 30.8. The largest absolute Gasteiger partial charge is 0.382 e. The minimum absolute atomic E-state index is 0.0428. The Morgan fingerprint density at radius 2 is 1.16 bits per heavy atom. The van der Waals surface area contributed by atoms with Crippen molar-refractivity contribution in [2.24, 2.45) is 5.73 Å². The number of nitrogens with zero attached hydrogens (tertiary/aromatic N) is 7. The van der Waals surface area contributed by atoms with Crippen molar-refractivity contribution in [3.8, 4) is 28.6 Å². The zero-order chi connectivity index (χ0) is 41.2. The maximum absolute atomic E-state index is 12.5. The highest BCUT2D eigenvalue weighted by molar-refractivity contribution is 7.91. The minimum Gasteiger partial charge on any atom is -0.382 e. The summed E-state index contributed by atoms with van der Waals surface area (Å²) < 4.78 is 49.3. The van der Waals surface area contributed by atoms with Crippen LogP contribution in [0.15, 0.2) is 101 Å². The Kier molecular flexibility index (Phi) is 11.7. The van der Waals surface area contributed by atoms with Crippen LogP contribution in [-0.2, 0) is 19.7 Å². The number of nitriles is 1. The summed E-state index contributed by atoms with van der Waals surface area (Å²) in [5.41, 5.74) is 16.7. The number of para-hydroxylation sites is 2. The monoisotopic (exact) mass is 840 g/mol. The molecule has 57 heavy (non-hydrogen) atoms. The second-order valence-corrected chi connectivity index (χ2v) is 17.7. The lowest BCUT2D eigenvalue weighted by Crippen LogP contribution is -2.15. The highest BCUT2D eigenvalue weighted by atomic mass is 35.5. The molecule has 0 saturated carbocycles. The second kappa shape index (κ2) is 16.3. The van der Waals surface area contributed by atoms with Crippen molar-refractivity contribution in [3.05, 3.63) is 118 Å². The fourth-order valence-electron chi connectivity index (χ4n) is 5.99. The van der Waals surface area contributed by atoms with Gasteiger partial charge in [-0.1, -0.05) is 71.7 Å². The molecular formula is C39H34Cl2N10O4S2. The molecular weight excluding hydrogens is 808 g/mol. The van der Waals surface area contributed by atoms with Crippen LogP contribution in [0.4, 0.5) is 11.6 Å². The van der Waals surface area contributed by atoms with Crippen molar-refractivity contribution in [2.75, 3.05) is 23.6 Å². The van der Waals surface area contributed by atoms with Crippen molar-refractivity contribution in [1.29, 1.82) is 5.26 Å². The average Bonchev–Trinajstić information content (AvgIpc) is 3.17. The molecule has 14 nitrogen and oxygen atoms in total. The second-order valence-electron chi connectivity index (χ2n) is 12.9. The Labute approximate surface area is 338 Å². The highest BCUT2D eigenvalue weighted by Crippen LogP contribution is 2.36. The Morgan fingerprint density at radius 3 is 1.63 bits per heavy atom. The minimum atomic E-state index is -3.56. The van der Waals surface area contributed by atoms with E-state index in [9.17, 15) is 22.1 Å². The van der Waals surface area contributed by atoms with Crippen LogP contribution in [-0.4, -0.2) is 59.3 Å². The summed E-state index contributed by atoms with van der Waals surface area (Å²) in [6.07, 6.45) is 3.55. The molecule has 2 atom stereocenters. The highest BCUT2D eigenvalue weighted by Gasteiger charge is 2.25. The topological polar surface area (TPSA) is 233 Å². The fourth-order valence-corrected chi connectivity index (χ4v) is 8.20. The van der Waals surface area contributed by atoms with Gasteiger partial charge in [0.2, 0.25) is 0 Å². The molecule has 0 saturated heterocycles. The number of anilines is 2.